The van der Waals surface area contributed by atoms with Gasteiger partial charge in [-0.15, -0.1) is 0 Å². The number of aliphatic carboxylic acids is 2. The molecule has 0 fully saturated rings. The molecule has 1 rings (SSSR count). The second-order valence-electron chi connectivity index (χ2n) is 6.78. The molecule has 12 nitrogen and oxygen atoms in total. The highest BCUT2D eigenvalue weighted by Crippen LogP contribution is 2.03. The summed E-state index contributed by atoms with van der Waals surface area (Å²) < 4.78 is 0. The molecule has 0 radical (unpaired) electrons. The van der Waals surface area contributed by atoms with Crippen molar-refractivity contribution < 1.29 is 39.3 Å². The van der Waals surface area contributed by atoms with E-state index in [1.54, 1.807) is 24.3 Å². The van der Waals surface area contributed by atoms with Crippen LogP contribution in [0.1, 0.15) is 12.0 Å². The number of carboxylic acid groups (broad SMARTS) is 2. The second kappa shape index (κ2) is 13.3. The van der Waals surface area contributed by atoms with Crippen LogP contribution in [0.2, 0.25) is 0 Å². The third-order valence-electron chi connectivity index (χ3n) is 4.26. The summed E-state index contributed by atoms with van der Waals surface area (Å²) in [5.41, 5.74) is 6.69. The molecule has 0 saturated carbocycles. The normalized spacial score (nSPS) is 14.3. The molecule has 1 aromatic rings. The van der Waals surface area contributed by atoms with E-state index < -0.39 is 66.9 Å². The molecule has 8 N–H and O–H groups in total. The van der Waals surface area contributed by atoms with Gasteiger partial charge in [0.05, 0.1) is 19.1 Å². The van der Waals surface area contributed by atoms with E-state index in [2.05, 4.69) is 23.3 Å². The monoisotopic (exact) mass is 470 g/mol. The lowest BCUT2D eigenvalue weighted by molar-refractivity contribution is -0.147. The zero-order valence-electron chi connectivity index (χ0n) is 16.9. The first kappa shape index (κ1) is 26.9. The fraction of sp³-hybridized carbons (Fsp3) is 0.421. The number of carboxylic acids is 2. The highest BCUT2D eigenvalue weighted by atomic mass is 32.1. The number of hydrogen-bond donors (Lipinski definition) is 8. The largest absolute Gasteiger partial charge is 0.481 e. The Morgan fingerprint density at radius 2 is 1.41 bits per heavy atom. The number of nitrogens with two attached hydrogens (primary N) is 1. The predicted molar refractivity (Wildman–Crippen MR) is 115 cm³/mol. The van der Waals surface area contributed by atoms with Crippen LogP contribution in [0.5, 0.6) is 0 Å². The van der Waals surface area contributed by atoms with Crippen LogP contribution >= 0.6 is 12.6 Å². The first-order chi connectivity index (χ1) is 15.1. The lowest BCUT2D eigenvalue weighted by atomic mass is 10.1. The Kier molecular flexibility index (Phi) is 11.2. The van der Waals surface area contributed by atoms with Crippen molar-refractivity contribution in [2.75, 3.05) is 12.4 Å². The minimum atomic E-state index is -1.76. The average molecular weight is 471 g/mol. The molecule has 0 aromatic heterocycles. The molecular weight excluding hydrogens is 444 g/mol. The number of nitrogens with one attached hydrogen (secondary N) is 3. The van der Waals surface area contributed by atoms with E-state index >= 15 is 0 Å². The van der Waals surface area contributed by atoms with E-state index in [9.17, 15) is 29.1 Å². The van der Waals surface area contributed by atoms with Gasteiger partial charge in [0.15, 0.2) is 0 Å². The summed E-state index contributed by atoms with van der Waals surface area (Å²) in [7, 11) is 0. The summed E-state index contributed by atoms with van der Waals surface area (Å²) in [5.74, 6) is -5.85. The number of rotatable bonds is 13. The van der Waals surface area contributed by atoms with Gasteiger partial charge in [0.1, 0.15) is 18.1 Å². The van der Waals surface area contributed by atoms with Gasteiger partial charge in [0.2, 0.25) is 17.7 Å². The standard InChI is InChI=1S/C19H26N4O8S/c20-11(6-10-4-2-1-3-5-10)16(27)23-14(9-32)18(29)22-13(8-24)17(28)21-12(19(30)31)7-15(25)26/h1-5,11-14,24,32H,6-9,20H2,(H,21,28)(H,22,29)(H,23,27)(H,25,26)(H,30,31). The van der Waals surface area contributed by atoms with E-state index in [0.29, 0.717) is 0 Å². The summed E-state index contributed by atoms with van der Waals surface area (Å²) in [4.78, 5) is 58.8. The van der Waals surface area contributed by atoms with Gasteiger partial charge in [-0.05, 0) is 12.0 Å². The summed E-state index contributed by atoms with van der Waals surface area (Å²) >= 11 is 4.00. The average Bonchev–Trinajstić information content (AvgIpc) is 2.74. The molecule has 0 saturated heterocycles. The number of aliphatic hydroxyl groups is 1. The van der Waals surface area contributed by atoms with Gasteiger partial charge in [-0.1, -0.05) is 30.3 Å². The van der Waals surface area contributed by atoms with Crippen molar-refractivity contribution in [3.05, 3.63) is 35.9 Å². The molecule has 0 aliphatic heterocycles. The zero-order chi connectivity index (χ0) is 24.3. The highest BCUT2D eigenvalue weighted by molar-refractivity contribution is 7.80. The lowest BCUT2D eigenvalue weighted by Gasteiger charge is -2.23. The number of aliphatic hydroxyl groups excluding tert-OH is 1. The Morgan fingerprint density at radius 1 is 0.875 bits per heavy atom. The molecule has 1 aromatic carbocycles. The van der Waals surface area contributed by atoms with Gasteiger partial charge in [-0.2, -0.15) is 12.6 Å². The maximum absolute atomic E-state index is 12.4. The van der Waals surface area contributed by atoms with Crippen molar-refractivity contribution in [2.45, 2.75) is 37.0 Å². The smallest absolute Gasteiger partial charge is 0.326 e. The number of carbonyl (C=O) groups is 5. The van der Waals surface area contributed by atoms with E-state index in [-0.39, 0.29) is 12.2 Å². The van der Waals surface area contributed by atoms with Gasteiger partial charge in [-0.25, -0.2) is 4.79 Å². The fourth-order valence-corrected chi connectivity index (χ4v) is 2.80. The first-order valence-corrected chi connectivity index (χ1v) is 10.1. The van der Waals surface area contributed by atoms with Gasteiger partial charge >= 0.3 is 11.9 Å². The third kappa shape index (κ3) is 8.91. The number of amides is 3. The Hall–Kier alpha value is -3.16. The molecule has 32 heavy (non-hydrogen) atoms. The molecule has 0 aliphatic rings. The molecule has 4 atom stereocenters. The number of thiol groups is 1. The zero-order valence-corrected chi connectivity index (χ0v) is 17.8. The van der Waals surface area contributed by atoms with Crippen molar-refractivity contribution >= 4 is 42.3 Å². The van der Waals surface area contributed by atoms with Crippen LogP contribution in [0.25, 0.3) is 0 Å². The molecule has 0 spiro atoms. The van der Waals surface area contributed by atoms with Crippen molar-refractivity contribution in [3.63, 3.8) is 0 Å². The molecule has 0 aliphatic carbocycles. The quantitative estimate of drug-likeness (QED) is 0.143. The van der Waals surface area contributed by atoms with Crippen LogP contribution in [0.3, 0.4) is 0 Å². The van der Waals surface area contributed by atoms with Gasteiger partial charge in [0, 0.05) is 5.75 Å². The summed E-state index contributed by atoms with van der Waals surface area (Å²) in [6.07, 6.45) is -0.683. The first-order valence-electron chi connectivity index (χ1n) is 9.46. The van der Waals surface area contributed by atoms with Crippen LogP contribution in [0, 0.1) is 0 Å². The SMILES string of the molecule is NC(Cc1ccccc1)C(=O)NC(CS)C(=O)NC(CO)C(=O)NC(CC(=O)O)C(=O)O. The van der Waals surface area contributed by atoms with E-state index in [0.717, 1.165) is 5.56 Å². The van der Waals surface area contributed by atoms with Gasteiger partial charge < -0.3 is 37.0 Å². The minimum absolute atomic E-state index is 0.161. The van der Waals surface area contributed by atoms with Crippen molar-refractivity contribution in [3.8, 4) is 0 Å². The summed E-state index contributed by atoms with van der Waals surface area (Å²) in [6.45, 7) is -0.905. The molecule has 0 heterocycles. The maximum Gasteiger partial charge on any atom is 0.326 e. The topological polar surface area (TPSA) is 208 Å². The Morgan fingerprint density at radius 3 is 1.91 bits per heavy atom. The van der Waals surface area contributed by atoms with E-state index in [4.69, 9.17) is 15.9 Å². The van der Waals surface area contributed by atoms with Crippen LogP contribution in [-0.2, 0) is 30.4 Å². The van der Waals surface area contributed by atoms with Crippen LogP contribution in [-0.4, -0.2) is 81.5 Å². The molecule has 13 heteroatoms. The van der Waals surface area contributed by atoms with Crippen molar-refractivity contribution in [1.29, 1.82) is 0 Å². The van der Waals surface area contributed by atoms with Crippen molar-refractivity contribution in [1.82, 2.24) is 16.0 Å². The highest BCUT2D eigenvalue weighted by Gasteiger charge is 2.30. The van der Waals surface area contributed by atoms with Crippen LogP contribution < -0.4 is 21.7 Å². The Balaban J connectivity index is 2.71. The molecule has 3 amide bonds. The summed E-state index contributed by atoms with van der Waals surface area (Å²) in [5, 5.41) is 33.6. The van der Waals surface area contributed by atoms with Crippen LogP contribution in [0.15, 0.2) is 30.3 Å². The molecule has 0 bridgehead atoms. The van der Waals surface area contributed by atoms with E-state index in [1.165, 1.54) is 0 Å². The Bertz CT molecular complexity index is 823. The predicted octanol–water partition coefficient (Wildman–Crippen LogP) is -2.51. The fourth-order valence-electron chi connectivity index (χ4n) is 2.55. The summed E-state index contributed by atoms with van der Waals surface area (Å²) in [6, 6.07) is 3.44. The maximum atomic E-state index is 12.4. The number of hydrogen-bond acceptors (Lipinski definition) is 8. The second-order valence-corrected chi connectivity index (χ2v) is 7.15. The van der Waals surface area contributed by atoms with E-state index in [1.807, 2.05) is 11.4 Å². The molecule has 176 valence electrons. The number of carbonyl (C=O) groups excluding carboxylic acids is 3. The minimum Gasteiger partial charge on any atom is -0.481 e. The van der Waals surface area contributed by atoms with Crippen molar-refractivity contribution in [2.24, 2.45) is 5.73 Å². The van der Waals surface area contributed by atoms with Crippen LogP contribution in [0.4, 0.5) is 0 Å². The molecule has 4 unspecified atom stereocenters. The molecular formula is C19H26N4O8S. The Labute approximate surface area is 189 Å². The third-order valence-corrected chi connectivity index (χ3v) is 4.62. The number of benzene rings is 1. The van der Waals surface area contributed by atoms with Gasteiger partial charge in [-0.3, -0.25) is 19.2 Å². The van der Waals surface area contributed by atoms with Gasteiger partial charge in [0.25, 0.3) is 0 Å². The lowest BCUT2D eigenvalue weighted by Crippen LogP contribution is -2.58.